The van der Waals surface area contributed by atoms with E-state index in [0.717, 1.165) is 0 Å². The van der Waals surface area contributed by atoms with Gasteiger partial charge >= 0.3 is 0 Å². The van der Waals surface area contributed by atoms with E-state index in [1.54, 1.807) is 0 Å². The average molecular weight is 243 g/mol. The van der Waals surface area contributed by atoms with Crippen LogP contribution in [-0.4, -0.2) is 30.7 Å². The van der Waals surface area contributed by atoms with E-state index in [-0.39, 0.29) is 23.5 Å². The lowest BCUT2D eigenvalue weighted by Crippen LogP contribution is -2.29. The van der Waals surface area contributed by atoms with Crippen LogP contribution in [0.25, 0.3) is 0 Å². The molecule has 0 saturated heterocycles. The molecular weight excluding hydrogens is 230 g/mol. The third-order valence-corrected chi connectivity index (χ3v) is 4.09. The maximum atomic E-state index is 11.6. The first kappa shape index (κ1) is 11.3. The zero-order chi connectivity index (χ0) is 11.8. The van der Waals surface area contributed by atoms with Crippen molar-refractivity contribution in [2.75, 3.05) is 12.3 Å². The molecule has 1 aromatic rings. The SMILES string of the molecule is NCCc1nc2c(c(=O)[nH]1)CCS(=O)(=O)C2. The van der Waals surface area contributed by atoms with Crippen LogP contribution in [0.3, 0.4) is 0 Å². The number of H-pyrrole nitrogens is 1. The van der Waals surface area contributed by atoms with Crippen LogP contribution in [0.15, 0.2) is 4.79 Å². The summed E-state index contributed by atoms with van der Waals surface area (Å²) in [5.74, 6) is 0.355. The van der Waals surface area contributed by atoms with Gasteiger partial charge < -0.3 is 10.7 Å². The summed E-state index contributed by atoms with van der Waals surface area (Å²) in [6.07, 6.45) is 0.700. The van der Waals surface area contributed by atoms with Gasteiger partial charge in [0.2, 0.25) is 0 Å². The number of rotatable bonds is 2. The van der Waals surface area contributed by atoms with E-state index in [9.17, 15) is 13.2 Å². The first-order valence-electron chi connectivity index (χ1n) is 5.03. The number of nitrogens with one attached hydrogen (secondary N) is 1. The van der Waals surface area contributed by atoms with Crippen molar-refractivity contribution in [1.29, 1.82) is 0 Å². The lowest BCUT2D eigenvalue weighted by molar-refractivity contribution is 0.589. The number of aromatic nitrogens is 2. The Hall–Kier alpha value is -1.21. The average Bonchev–Trinajstić information content (AvgIpc) is 2.15. The van der Waals surface area contributed by atoms with Gasteiger partial charge in [-0.05, 0) is 13.0 Å². The Morgan fingerprint density at radius 3 is 2.88 bits per heavy atom. The molecule has 0 fully saturated rings. The maximum Gasteiger partial charge on any atom is 0.254 e. The van der Waals surface area contributed by atoms with Gasteiger partial charge in [0.05, 0.1) is 17.2 Å². The molecule has 0 atom stereocenters. The minimum Gasteiger partial charge on any atom is -0.330 e. The van der Waals surface area contributed by atoms with Crippen molar-refractivity contribution in [3.8, 4) is 0 Å². The van der Waals surface area contributed by atoms with Crippen molar-refractivity contribution in [3.63, 3.8) is 0 Å². The van der Waals surface area contributed by atoms with Crippen LogP contribution >= 0.6 is 0 Å². The van der Waals surface area contributed by atoms with Crippen LogP contribution in [0.4, 0.5) is 0 Å². The Bertz CT molecular complexity index is 562. The minimum absolute atomic E-state index is 0.0288. The van der Waals surface area contributed by atoms with E-state index in [2.05, 4.69) is 9.97 Å². The minimum atomic E-state index is -3.09. The highest BCUT2D eigenvalue weighted by molar-refractivity contribution is 7.90. The maximum absolute atomic E-state index is 11.6. The van der Waals surface area contributed by atoms with Crippen molar-refractivity contribution in [2.45, 2.75) is 18.6 Å². The van der Waals surface area contributed by atoms with E-state index in [1.165, 1.54) is 0 Å². The van der Waals surface area contributed by atoms with E-state index >= 15 is 0 Å². The van der Waals surface area contributed by atoms with Crippen LogP contribution in [0.5, 0.6) is 0 Å². The van der Waals surface area contributed by atoms with Crippen LogP contribution in [0.2, 0.25) is 0 Å². The summed E-state index contributed by atoms with van der Waals surface area (Å²) in [5, 5.41) is 0. The van der Waals surface area contributed by atoms with E-state index < -0.39 is 9.84 Å². The molecule has 7 heteroatoms. The van der Waals surface area contributed by atoms with E-state index in [4.69, 9.17) is 5.73 Å². The topological polar surface area (TPSA) is 106 Å². The number of nitrogens with two attached hydrogens (primary N) is 1. The smallest absolute Gasteiger partial charge is 0.254 e. The molecule has 0 spiro atoms. The molecule has 1 aliphatic heterocycles. The lowest BCUT2D eigenvalue weighted by atomic mass is 10.2. The van der Waals surface area contributed by atoms with Gasteiger partial charge in [-0.1, -0.05) is 0 Å². The first-order chi connectivity index (χ1) is 7.52. The molecule has 1 aliphatic rings. The molecule has 0 aliphatic carbocycles. The van der Waals surface area contributed by atoms with Gasteiger partial charge in [-0.3, -0.25) is 4.79 Å². The molecule has 0 amide bonds. The molecule has 2 heterocycles. The van der Waals surface area contributed by atoms with Crippen molar-refractivity contribution >= 4 is 9.84 Å². The third-order valence-electron chi connectivity index (χ3n) is 2.55. The molecule has 6 nitrogen and oxygen atoms in total. The van der Waals surface area contributed by atoms with Crippen LogP contribution in [0.1, 0.15) is 17.1 Å². The van der Waals surface area contributed by atoms with Gasteiger partial charge in [0.15, 0.2) is 9.84 Å². The highest BCUT2D eigenvalue weighted by Crippen LogP contribution is 2.15. The highest BCUT2D eigenvalue weighted by atomic mass is 32.2. The van der Waals surface area contributed by atoms with Crippen molar-refractivity contribution in [1.82, 2.24) is 9.97 Å². The Labute approximate surface area is 92.8 Å². The van der Waals surface area contributed by atoms with Crippen LogP contribution in [-0.2, 0) is 28.4 Å². The molecular formula is C9H13N3O3S. The second-order valence-electron chi connectivity index (χ2n) is 3.82. The molecule has 1 aromatic heterocycles. The van der Waals surface area contributed by atoms with Crippen molar-refractivity contribution in [2.24, 2.45) is 5.73 Å². The second-order valence-corrected chi connectivity index (χ2v) is 6.00. The molecule has 3 N–H and O–H groups in total. The fourth-order valence-electron chi connectivity index (χ4n) is 1.77. The Morgan fingerprint density at radius 1 is 1.44 bits per heavy atom. The molecule has 0 saturated carbocycles. The van der Waals surface area contributed by atoms with Crippen molar-refractivity contribution in [3.05, 3.63) is 27.4 Å². The number of fused-ring (bicyclic) bond motifs is 1. The largest absolute Gasteiger partial charge is 0.330 e. The fraction of sp³-hybridized carbons (Fsp3) is 0.556. The van der Waals surface area contributed by atoms with Gasteiger partial charge in [-0.2, -0.15) is 0 Å². The van der Waals surface area contributed by atoms with Gasteiger partial charge in [0, 0.05) is 12.0 Å². The van der Waals surface area contributed by atoms with Crippen molar-refractivity contribution < 1.29 is 8.42 Å². The van der Waals surface area contributed by atoms with E-state index in [0.29, 0.717) is 30.0 Å². The van der Waals surface area contributed by atoms with Gasteiger partial charge in [-0.25, -0.2) is 13.4 Å². The van der Waals surface area contributed by atoms with Gasteiger partial charge in [0.1, 0.15) is 5.82 Å². The molecule has 0 unspecified atom stereocenters. The molecule has 0 radical (unpaired) electrons. The summed E-state index contributed by atoms with van der Waals surface area (Å²) in [6, 6.07) is 0. The molecule has 88 valence electrons. The Balaban J connectivity index is 2.49. The predicted octanol–water partition coefficient (Wildman–Crippen LogP) is -1.26. The summed E-state index contributed by atoms with van der Waals surface area (Å²) < 4.78 is 22.8. The fourth-order valence-corrected chi connectivity index (χ4v) is 3.08. The van der Waals surface area contributed by atoms with Gasteiger partial charge in [0.25, 0.3) is 5.56 Å². The summed E-state index contributed by atoms with van der Waals surface area (Å²) in [4.78, 5) is 18.4. The number of hydrogen-bond acceptors (Lipinski definition) is 5. The number of nitrogens with zero attached hydrogens (tertiary/aromatic N) is 1. The summed E-state index contributed by atoms with van der Waals surface area (Å²) >= 11 is 0. The van der Waals surface area contributed by atoms with Gasteiger partial charge in [-0.15, -0.1) is 0 Å². The Morgan fingerprint density at radius 2 is 2.19 bits per heavy atom. The van der Waals surface area contributed by atoms with E-state index in [1.807, 2.05) is 0 Å². The summed E-state index contributed by atoms with van der Waals surface area (Å²) in [7, 11) is -3.09. The predicted molar refractivity (Wildman–Crippen MR) is 58.8 cm³/mol. The third kappa shape index (κ3) is 2.14. The highest BCUT2D eigenvalue weighted by Gasteiger charge is 2.25. The number of hydrogen-bond donors (Lipinski definition) is 2. The second kappa shape index (κ2) is 3.99. The quantitative estimate of drug-likeness (QED) is 0.674. The monoisotopic (exact) mass is 243 g/mol. The number of sulfone groups is 1. The first-order valence-corrected chi connectivity index (χ1v) is 6.85. The van der Waals surface area contributed by atoms with Crippen LogP contribution < -0.4 is 11.3 Å². The molecule has 0 aromatic carbocycles. The normalized spacial score (nSPS) is 18.1. The number of aromatic amines is 1. The molecule has 16 heavy (non-hydrogen) atoms. The summed E-state index contributed by atoms with van der Waals surface area (Å²) in [6.45, 7) is 0.370. The molecule has 0 bridgehead atoms. The standard InChI is InChI=1S/C9H13N3O3S/c10-3-1-8-11-7-5-16(14,15)4-2-6(7)9(13)12-8/h1-5,10H2,(H,11,12,13). The Kier molecular flexibility index (Phi) is 2.81. The zero-order valence-corrected chi connectivity index (χ0v) is 9.51. The summed E-state index contributed by atoms with van der Waals surface area (Å²) in [5.41, 5.74) is 6.01. The lowest BCUT2D eigenvalue weighted by Gasteiger charge is -2.15. The molecule has 2 rings (SSSR count). The zero-order valence-electron chi connectivity index (χ0n) is 8.69. The van der Waals surface area contributed by atoms with Crippen LogP contribution in [0, 0.1) is 0 Å².